The zero-order chi connectivity index (χ0) is 26.3. The lowest BCUT2D eigenvalue weighted by atomic mass is 10.1. The fraction of sp³-hybridized carbons (Fsp3) is 0.286. The second kappa shape index (κ2) is 9.77. The topological polar surface area (TPSA) is 126 Å². The van der Waals surface area contributed by atoms with Crippen LogP contribution in [-0.4, -0.2) is 35.8 Å². The maximum Gasteiger partial charge on any atom is 0.264 e. The van der Waals surface area contributed by atoms with Crippen molar-refractivity contribution in [2.24, 2.45) is 5.92 Å². The van der Waals surface area contributed by atoms with Gasteiger partial charge in [0.05, 0.1) is 4.90 Å². The summed E-state index contributed by atoms with van der Waals surface area (Å²) in [7, 11) is -3.83. The van der Waals surface area contributed by atoms with E-state index >= 15 is 0 Å². The lowest BCUT2D eigenvalue weighted by Crippen LogP contribution is -2.17. The molecule has 1 aliphatic heterocycles. The van der Waals surface area contributed by atoms with Crippen LogP contribution in [0.1, 0.15) is 47.9 Å². The molecule has 2 aliphatic rings. The summed E-state index contributed by atoms with van der Waals surface area (Å²) >= 11 is 0. The standard InChI is InChI=1S/C28H28N6O3S/c1-17-13-29-14-19-4-7-21(11-23(17)19)33-27(35)25-12-24(25)18-5-8-22(9-6-18)38(36,37)34-28-31-15-20(16-32-28)26-3-2-10-30-26/h4-9,11,13-16,24-26,30H,2-3,10,12H2,1H3,(H,33,35)(H,31,32,34)/t24-,25+,26?/m0/s1. The molecule has 2 aromatic carbocycles. The number of rotatable bonds is 7. The number of sulfonamides is 1. The average Bonchev–Trinajstić information content (AvgIpc) is 3.54. The van der Waals surface area contributed by atoms with Crippen molar-refractivity contribution in [3.63, 3.8) is 0 Å². The number of nitrogens with zero attached hydrogens (tertiary/aromatic N) is 3. The highest BCUT2D eigenvalue weighted by molar-refractivity contribution is 7.92. The van der Waals surface area contributed by atoms with E-state index in [0.29, 0.717) is 0 Å². The summed E-state index contributed by atoms with van der Waals surface area (Å²) in [5.74, 6) is -0.0833. The van der Waals surface area contributed by atoms with Gasteiger partial charge in [0.15, 0.2) is 0 Å². The molecule has 2 aromatic heterocycles. The Morgan fingerprint density at radius 3 is 2.53 bits per heavy atom. The second-order valence-electron chi connectivity index (χ2n) is 9.99. The summed E-state index contributed by atoms with van der Waals surface area (Å²) in [5, 5.41) is 8.48. The summed E-state index contributed by atoms with van der Waals surface area (Å²) in [4.78, 5) is 25.6. The van der Waals surface area contributed by atoms with Crippen LogP contribution in [-0.2, 0) is 14.8 Å². The summed E-state index contributed by atoms with van der Waals surface area (Å²) in [6, 6.07) is 12.7. The van der Waals surface area contributed by atoms with Crippen molar-refractivity contribution in [2.75, 3.05) is 16.6 Å². The Bertz CT molecular complexity index is 1600. The van der Waals surface area contributed by atoms with Crippen LogP contribution < -0.4 is 15.4 Å². The molecular formula is C28H28N6O3S. The Morgan fingerprint density at radius 1 is 1.00 bits per heavy atom. The van der Waals surface area contributed by atoms with E-state index in [1.807, 2.05) is 37.5 Å². The Balaban J connectivity index is 1.08. The summed E-state index contributed by atoms with van der Waals surface area (Å²) < 4.78 is 28.2. The molecule has 1 amide bonds. The van der Waals surface area contributed by atoms with E-state index in [4.69, 9.17) is 0 Å². The minimum Gasteiger partial charge on any atom is -0.326 e. The molecule has 2 fully saturated rings. The number of aromatic nitrogens is 3. The molecule has 0 spiro atoms. The molecule has 3 N–H and O–H groups in total. The van der Waals surface area contributed by atoms with Gasteiger partial charge in [-0.3, -0.25) is 9.78 Å². The summed E-state index contributed by atoms with van der Waals surface area (Å²) in [6.45, 7) is 2.96. The number of pyridine rings is 1. The van der Waals surface area contributed by atoms with Gasteiger partial charge in [-0.25, -0.2) is 23.1 Å². The predicted octanol–water partition coefficient (Wildman–Crippen LogP) is 4.30. The largest absolute Gasteiger partial charge is 0.326 e. The maximum absolute atomic E-state index is 12.9. The highest BCUT2D eigenvalue weighted by Gasteiger charge is 2.44. The van der Waals surface area contributed by atoms with Crippen LogP contribution in [0.15, 0.2) is 72.1 Å². The number of anilines is 2. The molecule has 0 radical (unpaired) electrons. The van der Waals surface area contributed by atoms with Crippen LogP contribution in [0.25, 0.3) is 10.8 Å². The predicted molar refractivity (Wildman–Crippen MR) is 145 cm³/mol. The van der Waals surface area contributed by atoms with Gasteiger partial charge in [0.2, 0.25) is 11.9 Å². The fourth-order valence-corrected chi connectivity index (χ4v) is 6.05. The van der Waals surface area contributed by atoms with Gasteiger partial charge in [-0.2, -0.15) is 0 Å². The first-order valence-electron chi connectivity index (χ1n) is 12.7. The Kier molecular flexibility index (Phi) is 6.29. The number of hydrogen-bond donors (Lipinski definition) is 3. The third kappa shape index (κ3) is 4.97. The Labute approximate surface area is 221 Å². The molecule has 0 bridgehead atoms. The number of aryl methyl sites for hydroxylation is 1. The van der Waals surface area contributed by atoms with Crippen molar-refractivity contribution in [1.82, 2.24) is 20.3 Å². The van der Waals surface area contributed by atoms with E-state index in [0.717, 1.165) is 59.0 Å². The van der Waals surface area contributed by atoms with Crippen LogP contribution >= 0.6 is 0 Å². The minimum absolute atomic E-state index is 0.0344. The normalized spacial score (nSPS) is 20.8. The van der Waals surface area contributed by atoms with Crippen molar-refractivity contribution < 1.29 is 13.2 Å². The van der Waals surface area contributed by atoms with E-state index < -0.39 is 10.0 Å². The van der Waals surface area contributed by atoms with E-state index in [1.165, 1.54) is 0 Å². The van der Waals surface area contributed by atoms with Gasteiger partial charge in [-0.05, 0) is 79.4 Å². The minimum atomic E-state index is -3.83. The van der Waals surface area contributed by atoms with E-state index in [2.05, 4.69) is 30.3 Å². The molecule has 1 unspecified atom stereocenters. The molecule has 6 rings (SSSR count). The number of hydrogen-bond acceptors (Lipinski definition) is 7. The first-order chi connectivity index (χ1) is 18.4. The molecule has 194 valence electrons. The zero-order valence-electron chi connectivity index (χ0n) is 20.9. The van der Waals surface area contributed by atoms with Crippen LogP contribution in [0.4, 0.5) is 11.6 Å². The summed E-state index contributed by atoms with van der Waals surface area (Å²) in [6.07, 6.45) is 9.78. The van der Waals surface area contributed by atoms with Crippen molar-refractivity contribution in [3.05, 3.63) is 83.9 Å². The van der Waals surface area contributed by atoms with Crippen molar-refractivity contribution in [1.29, 1.82) is 0 Å². The van der Waals surface area contributed by atoms with Gasteiger partial charge in [-0.1, -0.05) is 18.2 Å². The molecule has 38 heavy (non-hydrogen) atoms. The number of carbonyl (C=O) groups is 1. The van der Waals surface area contributed by atoms with Crippen molar-refractivity contribution in [2.45, 2.75) is 43.0 Å². The highest BCUT2D eigenvalue weighted by atomic mass is 32.2. The Hall–Kier alpha value is -3.89. The fourth-order valence-electron chi connectivity index (χ4n) is 5.09. The molecule has 3 heterocycles. The zero-order valence-corrected chi connectivity index (χ0v) is 21.7. The molecule has 1 saturated carbocycles. The number of nitrogens with one attached hydrogen (secondary N) is 3. The molecule has 9 nitrogen and oxygen atoms in total. The molecule has 1 aliphatic carbocycles. The van der Waals surface area contributed by atoms with Gasteiger partial charge in [-0.15, -0.1) is 0 Å². The lowest BCUT2D eigenvalue weighted by molar-refractivity contribution is -0.117. The Morgan fingerprint density at radius 2 is 1.79 bits per heavy atom. The quantitative estimate of drug-likeness (QED) is 0.326. The van der Waals surface area contributed by atoms with E-state index in [9.17, 15) is 13.2 Å². The van der Waals surface area contributed by atoms with Gasteiger partial charge in [0.1, 0.15) is 0 Å². The number of carbonyl (C=O) groups excluding carboxylic acids is 1. The highest BCUT2D eigenvalue weighted by Crippen LogP contribution is 2.48. The second-order valence-corrected chi connectivity index (χ2v) is 11.7. The van der Waals surface area contributed by atoms with Gasteiger partial charge in [0.25, 0.3) is 10.0 Å². The van der Waals surface area contributed by atoms with Crippen molar-refractivity contribution in [3.8, 4) is 0 Å². The SMILES string of the molecule is Cc1cncc2ccc(NC(=O)[C@@H]3C[C@H]3c3ccc(S(=O)(=O)Nc4ncc(C5CCCN5)cn4)cc3)cc12. The molecule has 10 heteroatoms. The van der Waals surface area contributed by atoms with Crippen LogP contribution in [0.2, 0.25) is 0 Å². The van der Waals surface area contributed by atoms with E-state index in [-0.39, 0.29) is 34.6 Å². The van der Waals surface area contributed by atoms with E-state index in [1.54, 1.807) is 36.7 Å². The van der Waals surface area contributed by atoms with Gasteiger partial charge in [0, 0.05) is 53.4 Å². The number of fused-ring (bicyclic) bond motifs is 1. The van der Waals surface area contributed by atoms with Crippen molar-refractivity contribution >= 4 is 38.3 Å². The number of benzene rings is 2. The third-order valence-electron chi connectivity index (χ3n) is 7.33. The molecular weight excluding hydrogens is 500 g/mol. The third-order valence-corrected chi connectivity index (χ3v) is 8.68. The molecule has 4 aromatic rings. The molecule has 3 atom stereocenters. The lowest BCUT2D eigenvalue weighted by Gasteiger charge is -2.11. The maximum atomic E-state index is 12.9. The van der Waals surface area contributed by atoms with Crippen LogP contribution in [0, 0.1) is 12.8 Å². The smallest absolute Gasteiger partial charge is 0.264 e. The monoisotopic (exact) mass is 528 g/mol. The van der Waals surface area contributed by atoms with Crippen LogP contribution in [0.5, 0.6) is 0 Å². The first kappa shape index (κ1) is 24.4. The number of amides is 1. The average molecular weight is 529 g/mol. The summed E-state index contributed by atoms with van der Waals surface area (Å²) in [5.41, 5.74) is 3.70. The molecule has 1 saturated heterocycles. The first-order valence-corrected chi connectivity index (χ1v) is 14.2. The van der Waals surface area contributed by atoms with Gasteiger partial charge < -0.3 is 10.6 Å². The van der Waals surface area contributed by atoms with Crippen LogP contribution in [0.3, 0.4) is 0 Å². The van der Waals surface area contributed by atoms with Gasteiger partial charge >= 0.3 is 0 Å².